The van der Waals surface area contributed by atoms with Crippen LogP contribution in [0.2, 0.25) is 64.1 Å². The van der Waals surface area contributed by atoms with Crippen LogP contribution in [0.15, 0.2) is 12.2 Å². The summed E-state index contributed by atoms with van der Waals surface area (Å²) < 4.78 is 28.9. The van der Waals surface area contributed by atoms with E-state index in [-0.39, 0.29) is 69.7 Å². The number of aliphatic hydroxyl groups excluding tert-OH is 2. The maximum atomic E-state index is 11.3. The fraction of sp³-hybridized carbons (Fsp3) is 0.919. The van der Waals surface area contributed by atoms with E-state index in [0.29, 0.717) is 28.3 Å². The molecule has 0 bridgehead atoms. The van der Waals surface area contributed by atoms with Crippen LogP contribution in [-0.4, -0.2) is 120 Å². The van der Waals surface area contributed by atoms with Gasteiger partial charge in [-0.15, -0.1) is 0 Å². The summed E-state index contributed by atoms with van der Waals surface area (Å²) >= 11 is 4.74. The Balaban J connectivity index is -0.000000510. The molecular weight excluding hydrogens is 1000 g/mol. The number of ether oxygens (including phenoxy) is 4. The third-order valence-electron chi connectivity index (χ3n) is 7.20. The summed E-state index contributed by atoms with van der Waals surface area (Å²) in [6.07, 6.45) is 8.32. The zero-order valence-corrected chi connectivity index (χ0v) is 41.6. The molecule has 16 heteroatoms. The first-order valence-corrected chi connectivity index (χ1v) is 39.4. The van der Waals surface area contributed by atoms with Gasteiger partial charge >= 0.3 is 55.4 Å². The molecule has 0 heterocycles. The van der Waals surface area contributed by atoms with E-state index in [4.69, 9.17) is 23.1 Å². The number of carbonyl (C=O) groups excluding carboxylic acids is 1. The quantitative estimate of drug-likeness (QED) is 0.0213. The number of hydrogen-bond acceptors (Lipinski definition) is 9. The van der Waals surface area contributed by atoms with Crippen LogP contribution in [0.3, 0.4) is 0 Å². The van der Waals surface area contributed by atoms with Gasteiger partial charge in [0.2, 0.25) is 0 Å². The SMILES string of the molecule is C.C.C.C.C.C=C(C)C(=O)OCCOCC(O)COCCCCC[Si](C)(C)O[Si](C)(C)C[Si](C)(C)COCC(O)CCCCCNC[SiH](C)C.[I][V][I]. The first-order valence-electron chi connectivity index (χ1n) is 17.6. The molecule has 0 spiro atoms. The number of halogens is 2. The van der Waals surface area contributed by atoms with Crippen molar-refractivity contribution >= 4 is 79.4 Å². The second-order valence-corrected chi connectivity index (χ2v) is 44.5. The van der Waals surface area contributed by atoms with Crippen molar-refractivity contribution in [2.24, 2.45) is 0 Å². The van der Waals surface area contributed by atoms with Crippen LogP contribution in [0.5, 0.6) is 0 Å². The Kier molecular flexibility index (Phi) is 55.0. The first kappa shape index (κ1) is 69.5. The summed E-state index contributed by atoms with van der Waals surface area (Å²) in [7, 11) is -5.09. The normalized spacial score (nSPS) is 12.3. The molecule has 2 unspecified atom stereocenters. The van der Waals surface area contributed by atoms with Crippen LogP contribution in [0.25, 0.3) is 0 Å². The molecule has 0 saturated carbocycles. The van der Waals surface area contributed by atoms with Crippen LogP contribution in [-0.2, 0) is 37.3 Å². The molecule has 2 atom stereocenters. The molecule has 53 heavy (non-hydrogen) atoms. The van der Waals surface area contributed by atoms with Gasteiger partial charge in [0.15, 0.2) is 16.6 Å². The van der Waals surface area contributed by atoms with Crippen LogP contribution < -0.4 is 5.32 Å². The Morgan fingerprint density at radius 3 is 1.85 bits per heavy atom. The summed E-state index contributed by atoms with van der Waals surface area (Å²) in [6.45, 7) is 26.9. The van der Waals surface area contributed by atoms with Crippen molar-refractivity contribution in [2.75, 3.05) is 58.6 Å². The standard InChI is InChI=1S/C32H71NO8Si4.5CH4.2HI.V/c1-29(2)32(36)40-21-20-38-25-31(35)24-37-19-15-12-16-22-44(7,8)41-45(9,10)28-43(5,6)27-39-23-30(34)17-13-11-14-18-33-26-42(3)4;;;;;;;;/h30-31,33-35,42H,1,11-28H2,2-10H3;5*1H4;2*1H;/q;;;;;;;;+2/p-2. The Labute approximate surface area is 365 Å². The number of rotatable bonds is 30. The van der Waals surface area contributed by atoms with Gasteiger partial charge in [-0.2, -0.15) is 0 Å². The topological polar surface area (TPSA) is 116 Å². The van der Waals surface area contributed by atoms with E-state index in [2.05, 4.69) is 104 Å². The summed E-state index contributed by atoms with van der Waals surface area (Å²) in [5.74, 6) is -0.437. The van der Waals surface area contributed by atoms with Crippen LogP contribution >= 0.6 is 40.0 Å². The number of esters is 1. The van der Waals surface area contributed by atoms with Gasteiger partial charge in [-0.25, -0.2) is 4.79 Å². The zero-order chi connectivity index (χ0) is 37.1. The Morgan fingerprint density at radius 1 is 0.774 bits per heavy atom. The number of hydrogen-bond donors (Lipinski definition) is 3. The third kappa shape index (κ3) is 49.9. The van der Waals surface area contributed by atoms with E-state index >= 15 is 0 Å². The van der Waals surface area contributed by atoms with Gasteiger partial charge in [-0.3, -0.25) is 0 Å². The van der Waals surface area contributed by atoms with Crippen molar-refractivity contribution < 1.29 is 47.5 Å². The maximum absolute atomic E-state index is 11.3. The Morgan fingerprint density at radius 2 is 1.30 bits per heavy atom. The molecule has 0 aromatic rings. The average Bonchev–Trinajstić information content (AvgIpc) is 2.94. The molecule has 0 fully saturated rings. The number of aliphatic hydroxyl groups is 2. The van der Waals surface area contributed by atoms with Gasteiger partial charge < -0.3 is 38.6 Å². The molecule has 0 saturated heterocycles. The number of carbonyl (C=O) groups is 1. The Bertz CT molecular complexity index is 823. The molecule has 9 nitrogen and oxygen atoms in total. The second-order valence-electron chi connectivity index (χ2n) is 15.2. The van der Waals surface area contributed by atoms with E-state index in [1.54, 1.807) is 6.92 Å². The minimum atomic E-state index is -1.83. The van der Waals surface area contributed by atoms with Crippen molar-refractivity contribution in [3.05, 3.63) is 12.2 Å². The van der Waals surface area contributed by atoms with E-state index in [9.17, 15) is 15.0 Å². The van der Waals surface area contributed by atoms with Crippen molar-refractivity contribution in [1.29, 1.82) is 0 Å². The van der Waals surface area contributed by atoms with E-state index < -0.39 is 45.6 Å². The molecular formula is C37H91I2NO8Si4V. The third-order valence-corrected chi connectivity index (χ3v) is 22.5. The molecule has 0 amide bonds. The summed E-state index contributed by atoms with van der Waals surface area (Å²) in [6, 6.07) is 1.13. The van der Waals surface area contributed by atoms with E-state index in [0.717, 1.165) is 63.0 Å². The van der Waals surface area contributed by atoms with Gasteiger partial charge in [0.05, 0.1) is 40.6 Å². The Hall–Kier alpha value is 1.84. The monoisotopic (exact) mass is 1090 g/mol. The molecule has 0 rings (SSSR count). The fourth-order valence-corrected chi connectivity index (χ4v) is 25.0. The van der Waals surface area contributed by atoms with Gasteiger partial charge in [0.25, 0.3) is 0 Å². The number of nitrogens with one attached hydrogen (secondary N) is 1. The van der Waals surface area contributed by atoms with Gasteiger partial charge in [0, 0.05) is 27.2 Å². The van der Waals surface area contributed by atoms with Gasteiger partial charge in [-0.05, 0) is 76.8 Å². The predicted molar refractivity (Wildman–Crippen MR) is 259 cm³/mol. The van der Waals surface area contributed by atoms with Crippen LogP contribution in [0.4, 0.5) is 0 Å². The van der Waals surface area contributed by atoms with Crippen molar-refractivity contribution in [1.82, 2.24) is 5.32 Å². The summed E-state index contributed by atoms with van der Waals surface area (Å²) in [5.41, 5.74) is 1.52. The summed E-state index contributed by atoms with van der Waals surface area (Å²) in [4.78, 5) is 11.3. The molecule has 0 aliphatic carbocycles. The van der Waals surface area contributed by atoms with E-state index in [1.165, 1.54) is 12.6 Å². The number of unbranched alkanes of at least 4 members (excludes halogenated alkanes) is 4. The van der Waals surface area contributed by atoms with Crippen molar-refractivity contribution in [3.63, 3.8) is 0 Å². The average molecular weight is 1100 g/mol. The van der Waals surface area contributed by atoms with E-state index in [1.807, 2.05) is 0 Å². The molecule has 3 N–H and O–H groups in total. The van der Waals surface area contributed by atoms with Crippen LogP contribution in [0, 0.1) is 0 Å². The summed E-state index contributed by atoms with van der Waals surface area (Å²) in [5, 5.41) is 23.9. The minimum absolute atomic E-state index is 0. The molecule has 327 valence electrons. The zero-order valence-electron chi connectivity index (χ0n) is 31.7. The second kappa shape index (κ2) is 42.0. The van der Waals surface area contributed by atoms with Gasteiger partial charge in [-0.1, -0.05) is 95.6 Å². The van der Waals surface area contributed by atoms with Crippen LogP contribution in [0.1, 0.15) is 89.0 Å². The fourth-order valence-electron chi connectivity index (χ4n) is 5.53. The molecule has 0 aliphatic heterocycles. The van der Waals surface area contributed by atoms with Crippen molar-refractivity contribution in [2.45, 2.75) is 165 Å². The van der Waals surface area contributed by atoms with Crippen molar-refractivity contribution in [3.8, 4) is 0 Å². The predicted octanol–water partition coefficient (Wildman–Crippen LogP) is 10.4. The molecule has 0 aromatic carbocycles. The molecule has 0 aliphatic rings. The first-order chi connectivity index (χ1) is 22.4. The van der Waals surface area contributed by atoms with Gasteiger partial charge in [0.1, 0.15) is 12.7 Å². The molecule has 0 radical (unpaired) electrons. The molecule has 0 aromatic heterocycles.